The van der Waals surface area contributed by atoms with Crippen molar-refractivity contribution >= 4 is 23.4 Å². The van der Waals surface area contributed by atoms with Gasteiger partial charge in [-0.15, -0.1) is 0 Å². The fourth-order valence-electron chi connectivity index (χ4n) is 3.38. The molecular weight excluding hydrogens is 472 g/mol. The first-order valence-corrected chi connectivity index (χ1v) is 11.5. The SMILES string of the molecule is C[C@@H](O)[C@H](NC(=O)c1ccc(C#Cc2ccc(NC(=O)[C@@H](N)Cc3ccccc3)cc2)cc1)C(=O)NO. The number of nitrogens with two attached hydrogens (primary N) is 1. The van der Waals surface area contributed by atoms with E-state index in [1.165, 1.54) is 24.5 Å². The number of hydroxylamine groups is 1. The minimum atomic E-state index is -1.30. The Morgan fingerprint density at radius 3 is 1.97 bits per heavy atom. The first kappa shape index (κ1) is 27.1. The first-order chi connectivity index (χ1) is 17.8. The molecule has 0 aliphatic carbocycles. The first-order valence-electron chi connectivity index (χ1n) is 11.5. The third-order valence-electron chi connectivity index (χ3n) is 5.45. The molecule has 190 valence electrons. The molecule has 0 fully saturated rings. The van der Waals surface area contributed by atoms with Gasteiger partial charge >= 0.3 is 0 Å². The Morgan fingerprint density at radius 1 is 0.865 bits per heavy atom. The summed E-state index contributed by atoms with van der Waals surface area (Å²) in [4.78, 5) is 36.3. The van der Waals surface area contributed by atoms with E-state index in [0.717, 1.165) is 11.1 Å². The second-order valence-electron chi connectivity index (χ2n) is 8.36. The molecule has 0 saturated heterocycles. The van der Waals surface area contributed by atoms with Crippen LogP contribution in [-0.2, 0) is 16.0 Å². The summed E-state index contributed by atoms with van der Waals surface area (Å²) in [6.07, 6.45) is -0.762. The second-order valence-corrected chi connectivity index (χ2v) is 8.36. The average Bonchev–Trinajstić information content (AvgIpc) is 2.91. The lowest BCUT2D eigenvalue weighted by Crippen LogP contribution is -2.51. The minimum Gasteiger partial charge on any atom is -0.391 e. The van der Waals surface area contributed by atoms with Gasteiger partial charge < -0.3 is 21.5 Å². The van der Waals surface area contributed by atoms with Crippen LogP contribution in [0.2, 0.25) is 0 Å². The lowest BCUT2D eigenvalue weighted by Gasteiger charge is -2.19. The maximum absolute atomic E-state index is 12.4. The molecule has 0 unspecified atom stereocenters. The van der Waals surface area contributed by atoms with Crippen molar-refractivity contribution in [3.05, 3.63) is 101 Å². The Bertz CT molecular complexity index is 1280. The number of benzene rings is 3. The summed E-state index contributed by atoms with van der Waals surface area (Å²) in [6.45, 7) is 1.32. The summed E-state index contributed by atoms with van der Waals surface area (Å²) in [6, 6.07) is 21.0. The van der Waals surface area contributed by atoms with E-state index in [4.69, 9.17) is 10.9 Å². The number of nitrogens with one attached hydrogen (secondary N) is 3. The van der Waals surface area contributed by atoms with E-state index in [0.29, 0.717) is 17.7 Å². The summed E-state index contributed by atoms with van der Waals surface area (Å²) < 4.78 is 0. The van der Waals surface area contributed by atoms with Crippen molar-refractivity contribution in [3.8, 4) is 11.8 Å². The van der Waals surface area contributed by atoms with Gasteiger partial charge in [0.25, 0.3) is 11.8 Å². The predicted molar refractivity (Wildman–Crippen MR) is 138 cm³/mol. The highest BCUT2D eigenvalue weighted by atomic mass is 16.5. The Kier molecular flexibility index (Phi) is 9.52. The molecule has 0 radical (unpaired) electrons. The van der Waals surface area contributed by atoms with Crippen LogP contribution in [0.1, 0.15) is 34.0 Å². The maximum atomic E-state index is 12.4. The van der Waals surface area contributed by atoms with Crippen molar-refractivity contribution in [1.82, 2.24) is 10.8 Å². The Hall–Kier alpha value is -4.49. The Balaban J connectivity index is 1.56. The normalized spacial score (nSPS) is 12.8. The van der Waals surface area contributed by atoms with E-state index in [1.54, 1.807) is 36.4 Å². The summed E-state index contributed by atoms with van der Waals surface area (Å²) in [5, 5.41) is 23.6. The molecule has 3 aromatic rings. The van der Waals surface area contributed by atoms with Crippen molar-refractivity contribution in [2.24, 2.45) is 5.73 Å². The van der Waals surface area contributed by atoms with Crippen LogP contribution in [0, 0.1) is 11.8 Å². The second kappa shape index (κ2) is 13.0. The number of carbonyl (C=O) groups excluding carboxylic acids is 3. The van der Waals surface area contributed by atoms with Crippen LogP contribution in [0.5, 0.6) is 0 Å². The Labute approximate surface area is 214 Å². The van der Waals surface area contributed by atoms with Crippen LogP contribution in [0.15, 0.2) is 78.9 Å². The van der Waals surface area contributed by atoms with Gasteiger partial charge in [-0.25, -0.2) is 5.48 Å². The molecule has 3 rings (SSSR count). The van der Waals surface area contributed by atoms with Crippen LogP contribution in [-0.4, -0.2) is 46.2 Å². The highest BCUT2D eigenvalue weighted by molar-refractivity contribution is 5.97. The van der Waals surface area contributed by atoms with Crippen molar-refractivity contribution in [1.29, 1.82) is 0 Å². The summed E-state index contributed by atoms with van der Waals surface area (Å²) in [5.41, 5.74) is 10.7. The van der Waals surface area contributed by atoms with Crippen LogP contribution in [0.4, 0.5) is 5.69 Å². The quantitative estimate of drug-likeness (QED) is 0.157. The Morgan fingerprint density at radius 2 is 1.43 bits per heavy atom. The smallest absolute Gasteiger partial charge is 0.268 e. The fraction of sp³-hybridized carbons (Fsp3) is 0.179. The topological polar surface area (TPSA) is 154 Å². The number of hydrogen-bond donors (Lipinski definition) is 6. The van der Waals surface area contributed by atoms with Crippen LogP contribution in [0.25, 0.3) is 0 Å². The van der Waals surface area contributed by atoms with Crippen molar-refractivity contribution < 1.29 is 24.7 Å². The van der Waals surface area contributed by atoms with E-state index < -0.39 is 30.0 Å². The minimum absolute atomic E-state index is 0.257. The van der Waals surface area contributed by atoms with Crippen LogP contribution < -0.4 is 21.8 Å². The number of anilines is 1. The molecule has 9 nitrogen and oxygen atoms in total. The fourth-order valence-corrected chi connectivity index (χ4v) is 3.38. The maximum Gasteiger partial charge on any atom is 0.268 e. The molecule has 0 bridgehead atoms. The molecule has 9 heteroatoms. The van der Waals surface area contributed by atoms with Gasteiger partial charge in [0, 0.05) is 22.4 Å². The number of rotatable bonds is 8. The molecule has 0 aromatic heterocycles. The number of carbonyl (C=O) groups is 3. The van der Waals surface area contributed by atoms with E-state index in [2.05, 4.69) is 22.5 Å². The zero-order valence-electron chi connectivity index (χ0n) is 20.1. The molecule has 0 saturated carbocycles. The zero-order valence-corrected chi connectivity index (χ0v) is 20.1. The standard InChI is InChI=1S/C28H28N4O5/c1-18(33)25(28(36)32-37)31-26(34)22-13-9-19(10-14-22)7-8-20-11-15-23(16-12-20)30-27(35)24(29)17-21-5-3-2-4-6-21/h2-6,9-16,18,24-25,33,37H,17,29H2,1H3,(H,30,35)(H,31,34)(H,32,36)/t18-,24+,25+/m1/s1. The van der Waals surface area contributed by atoms with Gasteiger partial charge in [0.05, 0.1) is 12.1 Å². The largest absolute Gasteiger partial charge is 0.391 e. The van der Waals surface area contributed by atoms with Crippen molar-refractivity contribution in [2.75, 3.05) is 5.32 Å². The molecular formula is C28H28N4O5. The van der Waals surface area contributed by atoms with E-state index in [9.17, 15) is 19.5 Å². The number of aliphatic hydroxyl groups excluding tert-OH is 1. The predicted octanol–water partition coefficient (Wildman–Crippen LogP) is 1.58. The van der Waals surface area contributed by atoms with Gasteiger partial charge in [0.1, 0.15) is 6.04 Å². The van der Waals surface area contributed by atoms with Gasteiger partial charge in [-0.1, -0.05) is 42.2 Å². The van der Waals surface area contributed by atoms with Crippen LogP contribution in [0.3, 0.4) is 0 Å². The van der Waals surface area contributed by atoms with E-state index in [1.807, 2.05) is 30.3 Å². The third-order valence-corrected chi connectivity index (χ3v) is 5.45. The third kappa shape index (κ3) is 8.02. The van der Waals surface area contributed by atoms with Crippen molar-refractivity contribution in [2.45, 2.75) is 31.5 Å². The van der Waals surface area contributed by atoms with E-state index >= 15 is 0 Å². The van der Waals surface area contributed by atoms with Crippen molar-refractivity contribution in [3.63, 3.8) is 0 Å². The van der Waals surface area contributed by atoms with Gasteiger partial charge in [-0.2, -0.15) is 0 Å². The van der Waals surface area contributed by atoms with Gasteiger partial charge in [0.2, 0.25) is 5.91 Å². The summed E-state index contributed by atoms with van der Waals surface area (Å²) in [5.74, 6) is 4.22. The zero-order chi connectivity index (χ0) is 26.8. The average molecular weight is 501 g/mol. The van der Waals surface area contributed by atoms with Gasteiger partial charge in [-0.05, 0) is 67.4 Å². The lowest BCUT2D eigenvalue weighted by molar-refractivity contribution is -0.133. The molecule has 0 heterocycles. The molecule has 0 aliphatic heterocycles. The molecule has 0 aliphatic rings. The monoisotopic (exact) mass is 500 g/mol. The van der Waals surface area contributed by atoms with Gasteiger partial charge in [-0.3, -0.25) is 19.6 Å². The lowest BCUT2D eigenvalue weighted by atomic mass is 10.1. The number of hydrogen-bond acceptors (Lipinski definition) is 6. The summed E-state index contributed by atoms with van der Waals surface area (Å²) >= 11 is 0. The van der Waals surface area contributed by atoms with Gasteiger partial charge in [0.15, 0.2) is 0 Å². The molecule has 37 heavy (non-hydrogen) atoms. The number of aliphatic hydroxyl groups is 1. The number of amides is 3. The molecule has 7 N–H and O–H groups in total. The molecule has 3 atom stereocenters. The summed E-state index contributed by atoms with van der Waals surface area (Å²) in [7, 11) is 0. The van der Waals surface area contributed by atoms with E-state index in [-0.39, 0.29) is 11.5 Å². The highest BCUT2D eigenvalue weighted by Crippen LogP contribution is 2.11. The molecule has 0 spiro atoms. The highest BCUT2D eigenvalue weighted by Gasteiger charge is 2.25. The molecule has 3 amide bonds. The molecule has 3 aromatic carbocycles. The van der Waals surface area contributed by atoms with Crippen LogP contribution >= 0.6 is 0 Å².